The SMILES string of the molecule is C=CCC1CCC(=O)N1. The average Bonchev–Trinajstić information content (AvgIpc) is 2.17. The van der Waals surface area contributed by atoms with Crippen molar-refractivity contribution in [2.24, 2.45) is 0 Å². The summed E-state index contributed by atoms with van der Waals surface area (Å²) in [5.41, 5.74) is 0. The van der Waals surface area contributed by atoms with Crippen LogP contribution in [0.3, 0.4) is 0 Å². The van der Waals surface area contributed by atoms with E-state index in [1.807, 2.05) is 6.08 Å². The predicted molar refractivity (Wildman–Crippen MR) is 36.0 cm³/mol. The van der Waals surface area contributed by atoms with E-state index >= 15 is 0 Å². The third-order valence-corrected chi connectivity index (χ3v) is 1.54. The molecular weight excluding hydrogens is 114 g/mol. The first-order valence-corrected chi connectivity index (χ1v) is 3.23. The van der Waals surface area contributed by atoms with Crippen LogP contribution in [0.5, 0.6) is 0 Å². The Bertz CT molecular complexity index is 131. The fraction of sp³-hybridized carbons (Fsp3) is 0.571. The van der Waals surface area contributed by atoms with Crippen molar-refractivity contribution in [1.29, 1.82) is 0 Å². The second-order valence-corrected chi connectivity index (χ2v) is 2.33. The van der Waals surface area contributed by atoms with Crippen LogP contribution in [0.2, 0.25) is 0 Å². The Kier molecular flexibility index (Phi) is 1.88. The van der Waals surface area contributed by atoms with Crippen LogP contribution in [-0.2, 0) is 4.79 Å². The lowest BCUT2D eigenvalue weighted by Crippen LogP contribution is -2.24. The summed E-state index contributed by atoms with van der Waals surface area (Å²) in [5.74, 6) is 0.182. The molecule has 1 aliphatic heterocycles. The summed E-state index contributed by atoms with van der Waals surface area (Å²) < 4.78 is 0. The molecule has 1 amide bonds. The molecule has 1 rings (SSSR count). The van der Waals surface area contributed by atoms with Crippen LogP contribution in [0.4, 0.5) is 0 Å². The fourth-order valence-corrected chi connectivity index (χ4v) is 1.06. The van der Waals surface area contributed by atoms with Gasteiger partial charge in [-0.05, 0) is 12.8 Å². The Hall–Kier alpha value is -0.790. The molecular formula is C7H11NO. The van der Waals surface area contributed by atoms with Gasteiger partial charge in [0.2, 0.25) is 5.91 Å². The molecule has 0 spiro atoms. The summed E-state index contributed by atoms with van der Waals surface area (Å²) >= 11 is 0. The molecule has 9 heavy (non-hydrogen) atoms. The van der Waals surface area contributed by atoms with Crippen LogP contribution in [0.25, 0.3) is 0 Å². The minimum atomic E-state index is 0.182. The highest BCUT2D eigenvalue weighted by atomic mass is 16.1. The van der Waals surface area contributed by atoms with Crippen LogP contribution in [0, 0.1) is 0 Å². The lowest BCUT2D eigenvalue weighted by Gasteiger charge is -2.03. The molecule has 50 valence electrons. The van der Waals surface area contributed by atoms with Crippen molar-refractivity contribution in [3.8, 4) is 0 Å². The van der Waals surface area contributed by atoms with Gasteiger partial charge in [-0.1, -0.05) is 6.08 Å². The second-order valence-electron chi connectivity index (χ2n) is 2.33. The van der Waals surface area contributed by atoms with Crippen LogP contribution < -0.4 is 5.32 Å². The van der Waals surface area contributed by atoms with E-state index in [0.29, 0.717) is 12.5 Å². The maximum absolute atomic E-state index is 10.6. The summed E-state index contributed by atoms with van der Waals surface area (Å²) in [7, 11) is 0. The van der Waals surface area contributed by atoms with Gasteiger partial charge in [0.1, 0.15) is 0 Å². The fourth-order valence-electron chi connectivity index (χ4n) is 1.06. The van der Waals surface area contributed by atoms with E-state index in [0.717, 1.165) is 12.8 Å². The smallest absolute Gasteiger partial charge is 0.220 e. The Morgan fingerprint density at radius 3 is 3.11 bits per heavy atom. The molecule has 1 aliphatic rings. The third kappa shape index (κ3) is 1.56. The molecule has 2 heteroatoms. The van der Waals surface area contributed by atoms with E-state index in [1.54, 1.807) is 0 Å². The highest BCUT2D eigenvalue weighted by Gasteiger charge is 2.18. The molecule has 0 aromatic heterocycles. The molecule has 0 bridgehead atoms. The number of hydrogen-bond acceptors (Lipinski definition) is 1. The molecule has 1 fully saturated rings. The van der Waals surface area contributed by atoms with Crippen LogP contribution in [0.15, 0.2) is 12.7 Å². The first kappa shape index (κ1) is 6.33. The predicted octanol–water partition coefficient (Wildman–Crippen LogP) is 0.841. The molecule has 1 saturated heterocycles. The molecule has 1 atom stereocenters. The van der Waals surface area contributed by atoms with Gasteiger partial charge in [0.25, 0.3) is 0 Å². The van der Waals surface area contributed by atoms with Gasteiger partial charge < -0.3 is 5.32 Å². The van der Waals surface area contributed by atoms with Gasteiger partial charge in [-0.2, -0.15) is 0 Å². The van der Waals surface area contributed by atoms with Crippen molar-refractivity contribution in [3.05, 3.63) is 12.7 Å². The maximum atomic E-state index is 10.6. The van der Waals surface area contributed by atoms with Gasteiger partial charge in [0.05, 0.1) is 0 Å². The summed E-state index contributed by atoms with van der Waals surface area (Å²) in [6, 6.07) is 0.370. The van der Waals surface area contributed by atoms with Crippen molar-refractivity contribution in [1.82, 2.24) is 5.32 Å². The number of carbonyl (C=O) groups is 1. The van der Waals surface area contributed by atoms with Gasteiger partial charge in [-0.15, -0.1) is 6.58 Å². The van der Waals surface area contributed by atoms with Crippen LogP contribution in [-0.4, -0.2) is 11.9 Å². The van der Waals surface area contributed by atoms with E-state index in [1.165, 1.54) is 0 Å². The molecule has 1 unspecified atom stereocenters. The zero-order chi connectivity index (χ0) is 6.69. The quantitative estimate of drug-likeness (QED) is 0.544. The number of nitrogens with one attached hydrogen (secondary N) is 1. The summed E-state index contributed by atoms with van der Waals surface area (Å²) in [5, 5.41) is 2.84. The number of amides is 1. The van der Waals surface area contributed by atoms with Crippen LogP contribution >= 0.6 is 0 Å². The Balaban J connectivity index is 2.29. The average molecular weight is 125 g/mol. The zero-order valence-electron chi connectivity index (χ0n) is 5.39. The summed E-state index contributed by atoms with van der Waals surface area (Å²) in [6.07, 6.45) is 4.42. The molecule has 1 heterocycles. The number of hydrogen-bond donors (Lipinski definition) is 1. The highest BCUT2D eigenvalue weighted by Crippen LogP contribution is 2.09. The standard InChI is InChI=1S/C7H11NO/c1-2-3-6-4-5-7(9)8-6/h2,6H,1,3-5H2,(H,8,9). The van der Waals surface area contributed by atoms with Crippen molar-refractivity contribution in [2.75, 3.05) is 0 Å². The van der Waals surface area contributed by atoms with Crippen molar-refractivity contribution >= 4 is 5.91 Å². The monoisotopic (exact) mass is 125 g/mol. The van der Waals surface area contributed by atoms with Crippen molar-refractivity contribution < 1.29 is 4.79 Å². The van der Waals surface area contributed by atoms with E-state index in [-0.39, 0.29) is 5.91 Å². The highest BCUT2D eigenvalue weighted by molar-refractivity contribution is 5.78. The Labute approximate surface area is 54.9 Å². The molecule has 0 aromatic carbocycles. The van der Waals surface area contributed by atoms with Crippen molar-refractivity contribution in [2.45, 2.75) is 25.3 Å². The van der Waals surface area contributed by atoms with Gasteiger partial charge >= 0.3 is 0 Å². The zero-order valence-corrected chi connectivity index (χ0v) is 5.39. The van der Waals surface area contributed by atoms with Gasteiger partial charge in [-0.3, -0.25) is 4.79 Å². The molecule has 0 aliphatic carbocycles. The van der Waals surface area contributed by atoms with E-state index in [2.05, 4.69) is 11.9 Å². The largest absolute Gasteiger partial charge is 0.353 e. The molecule has 0 aromatic rings. The van der Waals surface area contributed by atoms with Gasteiger partial charge in [0, 0.05) is 12.5 Å². The van der Waals surface area contributed by atoms with E-state index < -0.39 is 0 Å². The van der Waals surface area contributed by atoms with Gasteiger partial charge in [0.15, 0.2) is 0 Å². The van der Waals surface area contributed by atoms with Crippen LogP contribution in [0.1, 0.15) is 19.3 Å². The first-order valence-electron chi connectivity index (χ1n) is 3.23. The topological polar surface area (TPSA) is 29.1 Å². The van der Waals surface area contributed by atoms with Crippen molar-refractivity contribution in [3.63, 3.8) is 0 Å². The lowest BCUT2D eigenvalue weighted by atomic mass is 10.2. The second kappa shape index (κ2) is 2.67. The normalized spacial score (nSPS) is 25.8. The van der Waals surface area contributed by atoms with E-state index in [4.69, 9.17) is 0 Å². The molecule has 1 N–H and O–H groups in total. The molecule has 2 nitrogen and oxygen atoms in total. The number of rotatable bonds is 2. The minimum Gasteiger partial charge on any atom is -0.353 e. The lowest BCUT2D eigenvalue weighted by molar-refractivity contribution is -0.119. The first-order chi connectivity index (χ1) is 4.33. The maximum Gasteiger partial charge on any atom is 0.220 e. The summed E-state index contributed by atoms with van der Waals surface area (Å²) in [6.45, 7) is 3.60. The molecule has 0 radical (unpaired) electrons. The Morgan fingerprint density at radius 1 is 1.89 bits per heavy atom. The Morgan fingerprint density at radius 2 is 2.67 bits per heavy atom. The molecule has 0 saturated carbocycles. The number of carbonyl (C=O) groups excluding carboxylic acids is 1. The minimum absolute atomic E-state index is 0.182. The summed E-state index contributed by atoms with van der Waals surface area (Å²) in [4.78, 5) is 10.6. The third-order valence-electron chi connectivity index (χ3n) is 1.54. The van der Waals surface area contributed by atoms with E-state index in [9.17, 15) is 4.79 Å². The van der Waals surface area contributed by atoms with Gasteiger partial charge in [-0.25, -0.2) is 0 Å².